The number of aromatic nitrogens is 3. The monoisotopic (exact) mass is 265 g/mol. The van der Waals surface area contributed by atoms with E-state index in [4.69, 9.17) is 9.63 Å². The number of thioether (sulfide) groups is 1. The second-order valence-corrected chi connectivity index (χ2v) is 4.51. The molecule has 0 saturated carbocycles. The van der Waals surface area contributed by atoms with Crippen molar-refractivity contribution in [3.8, 4) is 0 Å². The van der Waals surface area contributed by atoms with Crippen LogP contribution in [-0.4, -0.2) is 32.0 Å². The summed E-state index contributed by atoms with van der Waals surface area (Å²) in [5, 5.41) is 12.3. The van der Waals surface area contributed by atoms with E-state index in [-0.39, 0.29) is 5.75 Å². The van der Waals surface area contributed by atoms with Gasteiger partial charge in [0.25, 0.3) is 0 Å². The van der Waals surface area contributed by atoms with Crippen LogP contribution in [0.1, 0.15) is 17.3 Å². The summed E-state index contributed by atoms with van der Waals surface area (Å²) in [7, 11) is 0. The van der Waals surface area contributed by atoms with E-state index in [0.29, 0.717) is 23.9 Å². The molecular formula is C11H11N3O3S. The maximum atomic E-state index is 10.3. The fourth-order valence-corrected chi connectivity index (χ4v) is 1.90. The van der Waals surface area contributed by atoms with Gasteiger partial charge in [0.05, 0.1) is 11.5 Å². The Kier molecular flexibility index (Phi) is 4.30. The first-order valence-corrected chi connectivity index (χ1v) is 6.39. The van der Waals surface area contributed by atoms with Crippen LogP contribution in [-0.2, 0) is 17.0 Å². The van der Waals surface area contributed by atoms with Gasteiger partial charge in [-0.15, -0.1) is 11.8 Å². The Morgan fingerprint density at radius 1 is 1.39 bits per heavy atom. The first kappa shape index (κ1) is 12.6. The number of carbonyl (C=O) groups is 1. The molecule has 6 nitrogen and oxygen atoms in total. The van der Waals surface area contributed by atoms with E-state index in [9.17, 15) is 4.79 Å². The minimum Gasteiger partial charge on any atom is -0.481 e. The number of aliphatic carboxylic acids is 1. The van der Waals surface area contributed by atoms with Crippen molar-refractivity contribution in [1.82, 2.24) is 15.1 Å². The van der Waals surface area contributed by atoms with Crippen molar-refractivity contribution in [1.29, 1.82) is 0 Å². The SMILES string of the molecule is O=C(O)CSCc1nc(Cc2ccncc2)no1. The van der Waals surface area contributed by atoms with Crippen LogP contribution >= 0.6 is 11.8 Å². The molecule has 2 rings (SSSR count). The lowest BCUT2D eigenvalue weighted by Crippen LogP contribution is -1.98. The highest BCUT2D eigenvalue weighted by molar-refractivity contribution is 7.99. The summed E-state index contributed by atoms with van der Waals surface area (Å²) in [6.45, 7) is 0. The van der Waals surface area contributed by atoms with Crippen LogP contribution in [0.15, 0.2) is 29.0 Å². The molecule has 0 spiro atoms. The van der Waals surface area contributed by atoms with Crippen LogP contribution < -0.4 is 0 Å². The molecule has 94 valence electrons. The van der Waals surface area contributed by atoms with E-state index < -0.39 is 5.97 Å². The third-order valence-electron chi connectivity index (χ3n) is 2.07. The van der Waals surface area contributed by atoms with Crippen LogP contribution in [0.4, 0.5) is 0 Å². The average Bonchev–Trinajstić information content (AvgIpc) is 2.78. The molecule has 0 aromatic carbocycles. The lowest BCUT2D eigenvalue weighted by atomic mass is 10.2. The van der Waals surface area contributed by atoms with E-state index in [1.54, 1.807) is 12.4 Å². The van der Waals surface area contributed by atoms with Crippen molar-refractivity contribution in [2.75, 3.05) is 5.75 Å². The Labute approximate surface area is 107 Å². The van der Waals surface area contributed by atoms with Crippen LogP contribution in [0.3, 0.4) is 0 Å². The molecule has 18 heavy (non-hydrogen) atoms. The quantitative estimate of drug-likeness (QED) is 0.843. The molecule has 2 aromatic heterocycles. The van der Waals surface area contributed by atoms with Gasteiger partial charge in [-0.05, 0) is 17.7 Å². The molecule has 0 radical (unpaired) electrons. The molecule has 0 bridgehead atoms. The molecule has 7 heteroatoms. The molecule has 0 aliphatic carbocycles. The Bertz CT molecular complexity index is 515. The number of rotatable bonds is 6. The minimum atomic E-state index is -0.850. The van der Waals surface area contributed by atoms with E-state index in [1.807, 2.05) is 12.1 Å². The van der Waals surface area contributed by atoms with Gasteiger partial charge in [0.1, 0.15) is 0 Å². The second kappa shape index (κ2) is 6.15. The third-order valence-corrected chi connectivity index (χ3v) is 2.97. The number of nitrogens with zero attached hydrogens (tertiary/aromatic N) is 3. The number of pyridine rings is 1. The first-order valence-electron chi connectivity index (χ1n) is 5.24. The maximum Gasteiger partial charge on any atom is 0.313 e. The highest BCUT2D eigenvalue weighted by atomic mass is 32.2. The molecule has 2 heterocycles. The fourth-order valence-electron chi connectivity index (χ4n) is 1.33. The predicted octanol–water partition coefficient (Wildman–Crippen LogP) is 1.37. The number of carboxylic acid groups (broad SMARTS) is 1. The number of hydrogen-bond donors (Lipinski definition) is 1. The fraction of sp³-hybridized carbons (Fsp3) is 0.273. The van der Waals surface area contributed by atoms with Crippen molar-refractivity contribution < 1.29 is 14.4 Å². The van der Waals surface area contributed by atoms with Crippen molar-refractivity contribution in [3.63, 3.8) is 0 Å². The molecule has 0 fully saturated rings. The summed E-state index contributed by atoms with van der Waals surface area (Å²) < 4.78 is 5.03. The standard InChI is InChI=1S/C11H11N3O3S/c15-11(16)7-18-6-10-13-9(14-17-10)5-8-1-3-12-4-2-8/h1-4H,5-7H2,(H,15,16). The summed E-state index contributed by atoms with van der Waals surface area (Å²) >= 11 is 1.23. The van der Waals surface area contributed by atoms with Crippen LogP contribution in [0.2, 0.25) is 0 Å². The first-order chi connectivity index (χ1) is 8.74. The van der Waals surface area contributed by atoms with Gasteiger partial charge in [-0.2, -0.15) is 4.98 Å². The summed E-state index contributed by atoms with van der Waals surface area (Å²) in [5.74, 6) is 0.631. The van der Waals surface area contributed by atoms with Crippen molar-refractivity contribution >= 4 is 17.7 Å². The van der Waals surface area contributed by atoms with E-state index in [0.717, 1.165) is 5.56 Å². The van der Waals surface area contributed by atoms with Gasteiger partial charge in [0.15, 0.2) is 5.82 Å². The van der Waals surface area contributed by atoms with Crippen LogP contribution in [0, 0.1) is 0 Å². The Hall–Kier alpha value is -1.89. The highest BCUT2D eigenvalue weighted by Crippen LogP contribution is 2.11. The topological polar surface area (TPSA) is 89.1 Å². The third kappa shape index (κ3) is 3.85. The predicted molar refractivity (Wildman–Crippen MR) is 65.1 cm³/mol. The zero-order chi connectivity index (χ0) is 12.8. The Morgan fingerprint density at radius 3 is 2.89 bits per heavy atom. The molecule has 0 saturated heterocycles. The molecule has 2 aromatic rings. The molecule has 0 unspecified atom stereocenters. The Balaban J connectivity index is 1.88. The van der Waals surface area contributed by atoms with Crippen LogP contribution in [0.5, 0.6) is 0 Å². The van der Waals surface area contributed by atoms with Gasteiger partial charge in [0, 0.05) is 18.8 Å². The van der Waals surface area contributed by atoms with Crippen LogP contribution in [0.25, 0.3) is 0 Å². The maximum absolute atomic E-state index is 10.3. The van der Waals surface area contributed by atoms with Gasteiger partial charge in [-0.3, -0.25) is 9.78 Å². The summed E-state index contributed by atoms with van der Waals surface area (Å²) in [5.41, 5.74) is 1.05. The Morgan fingerprint density at radius 2 is 2.17 bits per heavy atom. The van der Waals surface area contributed by atoms with Crippen molar-refractivity contribution in [2.24, 2.45) is 0 Å². The zero-order valence-corrected chi connectivity index (χ0v) is 10.3. The molecular weight excluding hydrogens is 254 g/mol. The van der Waals surface area contributed by atoms with Gasteiger partial charge in [-0.1, -0.05) is 5.16 Å². The molecule has 1 N–H and O–H groups in total. The van der Waals surface area contributed by atoms with E-state index in [2.05, 4.69) is 15.1 Å². The summed E-state index contributed by atoms with van der Waals surface area (Å²) in [6.07, 6.45) is 3.99. The van der Waals surface area contributed by atoms with Gasteiger partial charge in [-0.25, -0.2) is 0 Å². The number of carboxylic acids is 1. The normalized spacial score (nSPS) is 10.4. The van der Waals surface area contributed by atoms with Gasteiger partial charge < -0.3 is 9.63 Å². The summed E-state index contributed by atoms with van der Waals surface area (Å²) in [6, 6.07) is 3.77. The van der Waals surface area contributed by atoms with Gasteiger partial charge in [0.2, 0.25) is 5.89 Å². The lowest BCUT2D eigenvalue weighted by Gasteiger charge is -1.93. The van der Waals surface area contributed by atoms with Crippen molar-refractivity contribution in [3.05, 3.63) is 41.8 Å². The van der Waals surface area contributed by atoms with Crippen molar-refractivity contribution in [2.45, 2.75) is 12.2 Å². The lowest BCUT2D eigenvalue weighted by molar-refractivity contribution is -0.133. The summed E-state index contributed by atoms with van der Waals surface area (Å²) in [4.78, 5) is 18.5. The second-order valence-electron chi connectivity index (χ2n) is 3.52. The molecule has 0 amide bonds. The zero-order valence-electron chi connectivity index (χ0n) is 9.44. The molecule has 0 aliphatic heterocycles. The highest BCUT2D eigenvalue weighted by Gasteiger charge is 2.08. The van der Waals surface area contributed by atoms with Gasteiger partial charge >= 0.3 is 5.97 Å². The average molecular weight is 265 g/mol. The largest absolute Gasteiger partial charge is 0.481 e. The minimum absolute atomic E-state index is 0.0298. The molecule has 0 atom stereocenters. The molecule has 0 aliphatic rings. The van der Waals surface area contributed by atoms with E-state index >= 15 is 0 Å². The number of hydrogen-bond acceptors (Lipinski definition) is 6. The smallest absolute Gasteiger partial charge is 0.313 e. The van der Waals surface area contributed by atoms with E-state index in [1.165, 1.54) is 11.8 Å².